The molecule has 1 saturated heterocycles. The van der Waals surface area contributed by atoms with E-state index < -0.39 is 0 Å². The number of fused-ring (bicyclic) bond motifs is 1. The highest BCUT2D eigenvalue weighted by atomic mass is 15.3. The molecule has 1 aromatic rings. The van der Waals surface area contributed by atoms with E-state index in [0.29, 0.717) is 5.82 Å². The number of hydrogen-bond donors (Lipinski definition) is 2. The summed E-state index contributed by atoms with van der Waals surface area (Å²) in [7, 11) is 0. The Kier molecular flexibility index (Phi) is 3.66. The van der Waals surface area contributed by atoms with Crippen LogP contribution in [0.5, 0.6) is 0 Å². The van der Waals surface area contributed by atoms with E-state index in [1.54, 1.807) is 0 Å². The summed E-state index contributed by atoms with van der Waals surface area (Å²) in [6.45, 7) is 4.03. The van der Waals surface area contributed by atoms with Crippen LogP contribution in [0, 0.1) is 12.8 Å². The van der Waals surface area contributed by atoms with Crippen LogP contribution in [0.3, 0.4) is 0 Å². The number of nitrogen functional groups attached to an aromatic ring is 1. The van der Waals surface area contributed by atoms with Gasteiger partial charge in [0.25, 0.3) is 0 Å². The molecule has 3 rings (SSSR count). The molecule has 2 aliphatic rings. The third-order valence-corrected chi connectivity index (χ3v) is 4.50. The van der Waals surface area contributed by atoms with Crippen molar-refractivity contribution in [3.05, 3.63) is 17.6 Å². The molecule has 0 bridgehead atoms. The van der Waals surface area contributed by atoms with Crippen molar-refractivity contribution in [1.29, 1.82) is 0 Å². The maximum Gasteiger partial charge on any atom is 0.145 e. The lowest BCUT2D eigenvalue weighted by molar-refractivity contribution is 0.103. The fourth-order valence-corrected chi connectivity index (χ4v) is 3.71. The van der Waals surface area contributed by atoms with Crippen molar-refractivity contribution >= 4 is 5.82 Å². The van der Waals surface area contributed by atoms with Gasteiger partial charge < -0.3 is 5.43 Å². The number of anilines is 1. The second-order valence-electron chi connectivity index (χ2n) is 5.83. The maximum atomic E-state index is 5.45. The largest absolute Gasteiger partial charge is 0.308 e. The monoisotopic (exact) mass is 261 g/mol. The molecule has 0 spiro atoms. The van der Waals surface area contributed by atoms with Gasteiger partial charge in [-0.15, -0.1) is 0 Å². The van der Waals surface area contributed by atoms with Crippen LogP contribution in [0.25, 0.3) is 0 Å². The summed E-state index contributed by atoms with van der Waals surface area (Å²) in [6, 6.07) is 2.63. The molecular formula is C14H23N5. The smallest absolute Gasteiger partial charge is 0.145 e. The van der Waals surface area contributed by atoms with Gasteiger partial charge >= 0.3 is 0 Å². The van der Waals surface area contributed by atoms with Crippen molar-refractivity contribution < 1.29 is 0 Å². The average molecular weight is 261 g/mol. The van der Waals surface area contributed by atoms with Gasteiger partial charge in [0.1, 0.15) is 11.6 Å². The van der Waals surface area contributed by atoms with Gasteiger partial charge in [-0.05, 0) is 45.1 Å². The summed E-state index contributed by atoms with van der Waals surface area (Å²) in [4.78, 5) is 11.6. The lowest BCUT2D eigenvalue weighted by atomic mass is 9.92. The van der Waals surface area contributed by atoms with E-state index in [1.165, 1.54) is 38.6 Å². The number of hydrogen-bond acceptors (Lipinski definition) is 5. The number of likely N-dealkylation sites (tertiary alicyclic amines) is 1. The Labute approximate surface area is 114 Å². The fraction of sp³-hybridized carbons (Fsp3) is 0.714. The molecule has 2 heterocycles. The first-order valence-corrected chi connectivity index (χ1v) is 7.31. The minimum absolute atomic E-state index is 0.711. The summed E-state index contributed by atoms with van der Waals surface area (Å²) in [5.74, 6) is 7.96. The summed E-state index contributed by atoms with van der Waals surface area (Å²) in [6.07, 6.45) is 6.86. The lowest BCUT2D eigenvalue weighted by Crippen LogP contribution is -2.42. The normalized spacial score (nSPS) is 27.3. The van der Waals surface area contributed by atoms with Gasteiger partial charge in [-0.25, -0.2) is 15.8 Å². The summed E-state index contributed by atoms with van der Waals surface area (Å²) in [5.41, 5.74) is 3.59. The Hall–Kier alpha value is -1.20. The quantitative estimate of drug-likeness (QED) is 0.642. The van der Waals surface area contributed by atoms with Crippen molar-refractivity contribution in [2.24, 2.45) is 11.8 Å². The first-order chi connectivity index (χ1) is 9.26. The van der Waals surface area contributed by atoms with Gasteiger partial charge in [0.05, 0.1) is 6.54 Å². The standard InChI is InChI=1S/C14H23N5/c1-10-8-13(18-15)17-14(16-10)9-19-7-3-5-11-4-2-6-12(11)19/h8,11-12H,2-7,9,15H2,1H3,(H,16,17,18). The van der Waals surface area contributed by atoms with Crippen LogP contribution in [0.15, 0.2) is 6.07 Å². The molecule has 1 aromatic heterocycles. The number of aromatic nitrogens is 2. The van der Waals surface area contributed by atoms with Crippen LogP contribution in [0.2, 0.25) is 0 Å². The predicted octanol–water partition coefficient (Wildman–Crippen LogP) is 1.84. The van der Waals surface area contributed by atoms with Gasteiger partial charge in [0.15, 0.2) is 0 Å². The molecular weight excluding hydrogens is 238 g/mol. The van der Waals surface area contributed by atoms with E-state index in [1.807, 2.05) is 13.0 Å². The molecule has 1 saturated carbocycles. The molecule has 19 heavy (non-hydrogen) atoms. The molecule has 0 radical (unpaired) electrons. The second kappa shape index (κ2) is 5.43. The second-order valence-corrected chi connectivity index (χ2v) is 5.83. The average Bonchev–Trinajstić information content (AvgIpc) is 2.87. The number of nitrogens with zero attached hydrogens (tertiary/aromatic N) is 3. The lowest BCUT2D eigenvalue weighted by Gasteiger charge is -2.37. The van der Waals surface area contributed by atoms with Crippen LogP contribution in [0.1, 0.15) is 43.6 Å². The van der Waals surface area contributed by atoms with Crippen LogP contribution < -0.4 is 11.3 Å². The van der Waals surface area contributed by atoms with Gasteiger partial charge in [0, 0.05) is 17.8 Å². The minimum Gasteiger partial charge on any atom is -0.308 e. The van der Waals surface area contributed by atoms with Crippen LogP contribution in [0.4, 0.5) is 5.82 Å². The molecule has 1 aliphatic carbocycles. The van der Waals surface area contributed by atoms with E-state index in [2.05, 4.69) is 20.3 Å². The molecule has 1 aliphatic heterocycles. The molecule has 5 heteroatoms. The van der Waals surface area contributed by atoms with Gasteiger partial charge in [-0.1, -0.05) is 6.42 Å². The van der Waals surface area contributed by atoms with E-state index in [4.69, 9.17) is 5.84 Å². The summed E-state index contributed by atoms with van der Waals surface area (Å²) < 4.78 is 0. The van der Waals surface area contributed by atoms with E-state index in [-0.39, 0.29) is 0 Å². The number of rotatable bonds is 3. The first kappa shape index (κ1) is 12.8. The van der Waals surface area contributed by atoms with E-state index in [0.717, 1.165) is 30.0 Å². The molecule has 2 fully saturated rings. The van der Waals surface area contributed by atoms with Gasteiger partial charge in [0.2, 0.25) is 0 Å². The Morgan fingerprint density at radius 3 is 3.00 bits per heavy atom. The SMILES string of the molecule is Cc1cc(NN)nc(CN2CCCC3CCCC32)n1. The molecule has 0 amide bonds. The molecule has 5 nitrogen and oxygen atoms in total. The zero-order valence-corrected chi connectivity index (χ0v) is 11.6. The molecule has 104 valence electrons. The number of nitrogens with one attached hydrogen (secondary N) is 1. The van der Waals surface area contributed by atoms with Crippen molar-refractivity contribution in [2.75, 3.05) is 12.0 Å². The number of nitrogens with two attached hydrogens (primary N) is 1. The zero-order chi connectivity index (χ0) is 13.2. The van der Waals surface area contributed by atoms with E-state index >= 15 is 0 Å². The number of aryl methyl sites for hydroxylation is 1. The van der Waals surface area contributed by atoms with Crippen LogP contribution >= 0.6 is 0 Å². The Balaban J connectivity index is 1.75. The first-order valence-electron chi connectivity index (χ1n) is 7.31. The summed E-state index contributed by atoms with van der Waals surface area (Å²) >= 11 is 0. The minimum atomic E-state index is 0.711. The molecule has 3 N–H and O–H groups in total. The zero-order valence-electron chi connectivity index (χ0n) is 11.6. The van der Waals surface area contributed by atoms with E-state index in [9.17, 15) is 0 Å². The van der Waals surface area contributed by atoms with Gasteiger partial charge in [-0.3, -0.25) is 4.90 Å². The Morgan fingerprint density at radius 2 is 2.16 bits per heavy atom. The molecule has 0 aromatic carbocycles. The molecule has 2 atom stereocenters. The summed E-state index contributed by atoms with van der Waals surface area (Å²) in [5, 5.41) is 0. The highest BCUT2D eigenvalue weighted by molar-refractivity contribution is 5.33. The highest BCUT2D eigenvalue weighted by Crippen LogP contribution is 2.37. The molecule has 2 unspecified atom stereocenters. The van der Waals surface area contributed by atoms with Gasteiger partial charge in [-0.2, -0.15) is 0 Å². The number of piperidine rings is 1. The predicted molar refractivity (Wildman–Crippen MR) is 75.4 cm³/mol. The highest BCUT2D eigenvalue weighted by Gasteiger charge is 2.35. The van der Waals surface area contributed by atoms with Crippen molar-refractivity contribution in [3.8, 4) is 0 Å². The third-order valence-electron chi connectivity index (χ3n) is 4.50. The van der Waals surface area contributed by atoms with Crippen molar-refractivity contribution in [1.82, 2.24) is 14.9 Å². The Bertz CT molecular complexity index is 447. The fourth-order valence-electron chi connectivity index (χ4n) is 3.71. The number of hydrazine groups is 1. The van der Waals surface area contributed by atoms with Crippen molar-refractivity contribution in [3.63, 3.8) is 0 Å². The van der Waals surface area contributed by atoms with Crippen LogP contribution in [-0.4, -0.2) is 27.5 Å². The maximum absolute atomic E-state index is 5.45. The third kappa shape index (κ3) is 2.72. The van der Waals surface area contributed by atoms with Crippen molar-refractivity contribution in [2.45, 2.75) is 51.6 Å². The Morgan fingerprint density at radius 1 is 1.32 bits per heavy atom. The topological polar surface area (TPSA) is 67.1 Å². The van der Waals surface area contributed by atoms with Crippen LogP contribution in [-0.2, 0) is 6.54 Å².